The molecule has 0 unspecified atom stereocenters. The van der Waals surface area contributed by atoms with Crippen LogP contribution in [0.25, 0.3) is 32.3 Å². The highest BCUT2D eigenvalue weighted by Crippen LogP contribution is 2.41. The van der Waals surface area contributed by atoms with Gasteiger partial charge in [-0.2, -0.15) is 54.5 Å². The molecule has 0 radical (unpaired) electrons. The largest absolute Gasteiger partial charge is 0.534 e. The smallest absolute Gasteiger partial charge is 0.376 e. The van der Waals surface area contributed by atoms with E-state index in [9.17, 15) is 43.2 Å². The Labute approximate surface area is 185 Å². The Morgan fingerprint density at radius 3 is 1.27 bits per heavy atom. The Hall–Kier alpha value is -2.78. The van der Waals surface area contributed by atoms with E-state index in [-0.39, 0.29) is 0 Å². The van der Waals surface area contributed by atoms with Crippen LogP contribution in [0.3, 0.4) is 0 Å². The first-order valence-electron chi connectivity index (χ1n) is 8.48. The van der Waals surface area contributed by atoms with E-state index in [0.717, 1.165) is 35.6 Å². The normalized spacial score (nSPS) is 13.6. The minimum Gasteiger partial charge on any atom is -0.376 e. The lowest BCUT2D eigenvalue weighted by molar-refractivity contribution is -0.0504. The standard InChI is InChI=1S/C18H8F6O6S3/c19-17(20,21)32(25,26)29-9-1-3-11-12-4-2-10(30-33(27,28)18(22,23)24)6-14(12)16-8-31-7-15(16)13(11)5-9/h1-8H. The Morgan fingerprint density at radius 2 is 0.939 bits per heavy atom. The van der Waals surface area contributed by atoms with Crippen LogP contribution in [0.15, 0.2) is 47.2 Å². The molecule has 176 valence electrons. The van der Waals surface area contributed by atoms with Gasteiger partial charge >= 0.3 is 31.3 Å². The summed E-state index contributed by atoms with van der Waals surface area (Å²) in [5.74, 6) is -1.19. The van der Waals surface area contributed by atoms with Crippen molar-refractivity contribution in [3.8, 4) is 11.5 Å². The summed E-state index contributed by atoms with van der Waals surface area (Å²) in [6.45, 7) is 0. The summed E-state index contributed by atoms with van der Waals surface area (Å²) in [6, 6.07) is 6.72. The predicted molar refractivity (Wildman–Crippen MR) is 108 cm³/mol. The fraction of sp³-hybridized carbons (Fsp3) is 0.111. The molecule has 3 aromatic carbocycles. The van der Waals surface area contributed by atoms with Gasteiger partial charge < -0.3 is 8.37 Å². The molecule has 15 heteroatoms. The number of fused-ring (bicyclic) bond motifs is 6. The molecule has 0 saturated carbocycles. The number of halogens is 6. The third-order valence-corrected chi connectivity index (χ3v) is 7.19. The van der Waals surface area contributed by atoms with Gasteiger partial charge in [-0.25, -0.2) is 0 Å². The molecule has 1 aromatic heterocycles. The van der Waals surface area contributed by atoms with Crippen molar-refractivity contribution in [1.82, 2.24) is 0 Å². The molecule has 0 saturated heterocycles. The van der Waals surface area contributed by atoms with E-state index in [1.54, 1.807) is 10.8 Å². The number of benzene rings is 3. The highest BCUT2D eigenvalue weighted by atomic mass is 32.2. The zero-order chi connectivity index (χ0) is 24.4. The molecule has 4 aromatic rings. The van der Waals surface area contributed by atoms with Gasteiger partial charge in [-0.3, -0.25) is 0 Å². The molecule has 1 heterocycles. The van der Waals surface area contributed by atoms with Crippen molar-refractivity contribution in [3.63, 3.8) is 0 Å². The van der Waals surface area contributed by atoms with Gasteiger partial charge in [-0.1, -0.05) is 0 Å². The van der Waals surface area contributed by atoms with Crippen molar-refractivity contribution < 1.29 is 51.5 Å². The van der Waals surface area contributed by atoms with E-state index in [2.05, 4.69) is 8.37 Å². The Morgan fingerprint density at radius 1 is 0.576 bits per heavy atom. The number of alkyl halides is 6. The fourth-order valence-corrected chi connectivity index (χ4v) is 4.88. The van der Waals surface area contributed by atoms with Crippen molar-refractivity contribution in [2.24, 2.45) is 0 Å². The van der Waals surface area contributed by atoms with Gasteiger partial charge in [0.15, 0.2) is 0 Å². The monoisotopic (exact) mass is 530 g/mol. The summed E-state index contributed by atoms with van der Waals surface area (Å²) in [7, 11) is -11.8. The van der Waals surface area contributed by atoms with Crippen LogP contribution in [0.4, 0.5) is 26.3 Å². The van der Waals surface area contributed by atoms with Gasteiger partial charge in [0, 0.05) is 10.8 Å². The van der Waals surface area contributed by atoms with Crippen LogP contribution in [0.2, 0.25) is 0 Å². The van der Waals surface area contributed by atoms with Gasteiger partial charge in [0.1, 0.15) is 11.5 Å². The lowest BCUT2D eigenvalue weighted by atomic mass is 9.96. The van der Waals surface area contributed by atoms with Crippen molar-refractivity contribution >= 4 is 63.9 Å². The van der Waals surface area contributed by atoms with Crippen LogP contribution in [0.1, 0.15) is 0 Å². The maximum Gasteiger partial charge on any atom is 0.534 e. The predicted octanol–water partition coefficient (Wildman–Crippen LogP) is 5.66. The van der Waals surface area contributed by atoms with Gasteiger partial charge in [0.2, 0.25) is 0 Å². The Bertz CT molecular complexity index is 1500. The zero-order valence-corrected chi connectivity index (χ0v) is 18.0. The van der Waals surface area contributed by atoms with Crippen LogP contribution >= 0.6 is 11.3 Å². The lowest BCUT2D eigenvalue weighted by Crippen LogP contribution is -2.28. The molecule has 0 aliphatic carbocycles. The number of hydrogen-bond acceptors (Lipinski definition) is 7. The third-order valence-electron chi connectivity index (χ3n) is 4.49. The van der Waals surface area contributed by atoms with Gasteiger partial charge in [-0.15, -0.1) is 0 Å². The second-order valence-corrected chi connectivity index (χ2v) is 10.4. The van der Waals surface area contributed by atoms with Gasteiger partial charge in [0.25, 0.3) is 0 Å². The molecule has 33 heavy (non-hydrogen) atoms. The maximum atomic E-state index is 12.6. The van der Waals surface area contributed by atoms with Crippen molar-refractivity contribution in [2.45, 2.75) is 11.0 Å². The Balaban J connectivity index is 1.89. The van der Waals surface area contributed by atoms with Crippen molar-refractivity contribution in [2.75, 3.05) is 0 Å². The molecule has 0 spiro atoms. The highest BCUT2D eigenvalue weighted by Gasteiger charge is 2.49. The molecule has 0 amide bonds. The van der Waals surface area contributed by atoms with Crippen molar-refractivity contribution in [1.29, 1.82) is 0 Å². The minimum absolute atomic E-state index is 0.310. The summed E-state index contributed by atoms with van der Waals surface area (Å²) in [5.41, 5.74) is -11.3. The minimum atomic E-state index is -5.90. The number of thiophene rings is 1. The van der Waals surface area contributed by atoms with E-state index in [0.29, 0.717) is 32.3 Å². The first-order chi connectivity index (χ1) is 15.1. The van der Waals surface area contributed by atoms with E-state index in [1.807, 2.05) is 0 Å². The summed E-state index contributed by atoms with van der Waals surface area (Å²) >= 11 is 1.15. The lowest BCUT2D eigenvalue weighted by Gasteiger charge is -2.13. The first kappa shape index (κ1) is 23.4. The summed E-state index contributed by atoms with van der Waals surface area (Å²) in [5, 5.41) is 5.44. The molecular weight excluding hydrogens is 522 g/mol. The highest BCUT2D eigenvalue weighted by molar-refractivity contribution is 7.88. The van der Waals surface area contributed by atoms with E-state index in [4.69, 9.17) is 0 Å². The van der Waals surface area contributed by atoms with Gasteiger partial charge in [-0.05, 0) is 68.7 Å². The van der Waals surface area contributed by atoms with Crippen LogP contribution < -0.4 is 8.37 Å². The average Bonchev–Trinajstić information content (AvgIpc) is 3.16. The average molecular weight is 530 g/mol. The van der Waals surface area contributed by atoms with E-state index in [1.165, 1.54) is 12.1 Å². The SMILES string of the molecule is O=S(=O)(Oc1ccc2c3ccc(OS(=O)(=O)C(F)(F)F)cc3c3cscc3c2c1)C(F)(F)F. The molecule has 0 fully saturated rings. The number of hydrogen-bond donors (Lipinski definition) is 0. The molecule has 0 aliphatic rings. The zero-order valence-electron chi connectivity index (χ0n) is 15.6. The van der Waals surface area contributed by atoms with E-state index < -0.39 is 42.8 Å². The first-order valence-corrected chi connectivity index (χ1v) is 12.2. The van der Waals surface area contributed by atoms with Crippen molar-refractivity contribution in [3.05, 3.63) is 47.2 Å². The summed E-state index contributed by atoms with van der Waals surface area (Å²) in [6.07, 6.45) is 0. The third kappa shape index (κ3) is 4.04. The van der Waals surface area contributed by atoms with Crippen LogP contribution in [-0.4, -0.2) is 27.9 Å². The maximum absolute atomic E-state index is 12.6. The second-order valence-electron chi connectivity index (χ2n) is 6.58. The second kappa shape index (κ2) is 7.36. The van der Waals surface area contributed by atoms with Crippen LogP contribution in [-0.2, 0) is 20.2 Å². The molecule has 0 N–H and O–H groups in total. The van der Waals surface area contributed by atoms with E-state index >= 15 is 0 Å². The summed E-state index contributed by atoms with van der Waals surface area (Å²) < 4.78 is 129. The summed E-state index contributed by atoms with van der Waals surface area (Å²) in [4.78, 5) is 0. The Kier molecular flexibility index (Phi) is 5.22. The quantitative estimate of drug-likeness (QED) is 0.146. The topological polar surface area (TPSA) is 86.7 Å². The fourth-order valence-electron chi connectivity index (χ4n) is 3.13. The van der Waals surface area contributed by atoms with Crippen LogP contribution in [0, 0.1) is 0 Å². The molecular formula is C18H8F6O6S3. The molecule has 4 rings (SSSR count). The number of rotatable bonds is 4. The molecule has 0 atom stereocenters. The molecule has 6 nitrogen and oxygen atoms in total. The van der Waals surface area contributed by atoms with Crippen LogP contribution in [0.5, 0.6) is 11.5 Å². The molecule has 0 aliphatic heterocycles. The molecule has 0 bridgehead atoms. The van der Waals surface area contributed by atoms with Gasteiger partial charge in [0.05, 0.1) is 0 Å².